The van der Waals surface area contributed by atoms with Crippen molar-refractivity contribution in [2.45, 2.75) is 3.17 Å². The third kappa shape index (κ3) is 2.40. The summed E-state index contributed by atoms with van der Waals surface area (Å²) >= 11 is 0.661. The van der Waals surface area contributed by atoms with E-state index < -0.39 is 0 Å². The van der Waals surface area contributed by atoms with Gasteiger partial charge in [0.25, 0.3) is 0 Å². The van der Waals surface area contributed by atoms with Crippen LogP contribution in [0.4, 0.5) is 0 Å². The summed E-state index contributed by atoms with van der Waals surface area (Å²) in [5.74, 6) is 0. The fourth-order valence-corrected chi connectivity index (χ4v) is 0.0304. The summed E-state index contributed by atoms with van der Waals surface area (Å²) in [6.07, 6.45) is 0.673. The zero-order valence-electron chi connectivity index (χ0n) is 3.51. The predicted octanol–water partition coefficient (Wildman–Crippen LogP) is -0.334. The van der Waals surface area contributed by atoms with Crippen molar-refractivity contribution in [3.8, 4) is 6.07 Å². The molecule has 0 amide bonds. The number of carbonyl (C=O) groups is 1. The van der Waals surface area contributed by atoms with E-state index in [0.717, 1.165) is 0 Å². The average Bonchev–Trinajstić information content (AvgIpc) is 1.65. The molecule has 0 saturated heterocycles. The Morgan fingerprint density at radius 3 is 2.50 bits per heavy atom. The van der Waals surface area contributed by atoms with Crippen LogP contribution in [0.5, 0.6) is 0 Å². The van der Waals surface area contributed by atoms with Crippen molar-refractivity contribution < 1.29 is 4.79 Å². The number of hydrogen-bond acceptors (Lipinski definition) is 2. The Bertz CT molecular complexity index is 85.3. The summed E-state index contributed by atoms with van der Waals surface area (Å²) in [4.78, 5) is 9.55. The van der Waals surface area contributed by atoms with Crippen LogP contribution in [0.2, 0.25) is 3.17 Å². The molecular formula is C3H2NNaO. The van der Waals surface area contributed by atoms with E-state index in [1.807, 2.05) is 6.07 Å². The van der Waals surface area contributed by atoms with Crippen LogP contribution in [0, 0.1) is 11.3 Å². The van der Waals surface area contributed by atoms with Crippen LogP contribution in [0.15, 0.2) is 0 Å². The molecule has 0 aromatic carbocycles. The van der Waals surface area contributed by atoms with Gasteiger partial charge in [0.2, 0.25) is 0 Å². The van der Waals surface area contributed by atoms with E-state index in [0.29, 0.717) is 34.2 Å². The second-order valence-electron chi connectivity index (χ2n) is 1.05. The van der Waals surface area contributed by atoms with Gasteiger partial charge in [0, 0.05) is 0 Å². The zero-order chi connectivity index (χ0) is 4.99. The van der Waals surface area contributed by atoms with Crippen molar-refractivity contribution >= 4 is 34.2 Å². The fraction of sp³-hybridized carbons (Fsp3) is 0.333. The maximum absolute atomic E-state index is 9.55. The quantitative estimate of drug-likeness (QED) is 0.327. The third-order valence-corrected chi connectivity index (χ3v) is 0.938. The molecule has 0 radical (unpaired) electrons. The molecule has 0 aliphatic rings. The molecule has 0 fully saturated rings. The van der Waals surface area contributed by atoms with Crippen molar-refractivity contribution in [1.82, 2.24) is 0 Å². The van der Waals surface area contributed by atoms with Crippen LogP contribution in [0.3, 0.4) is 0 Å². The second-order valence-corrected chi connectivity index (χ2v) is 2.30. The first kappa shape index (κ1) is 6.16. The van der Waals surface area contributed by atoms with Crippen LogP contribution in [-0.2, 0) is 4.79 Å². The molecule has 3 heteroatoms. The van der Waals surface area contributed by atoms with Crippen LogP contribution in [0.25, 0.3) is 0 Å². The Morgan fingerprint density at radius 2 is 2.50 bits per heavy atom. The predicted molar refractivity (Wildman–Crippen MR) is 21.2 cm³/mol. The minimum absolute atomic E-state index is 0.301. The number of nitrogens with zero attached hydrogens (tertiary/aromatic N) is 1. The SMILES string of the molecule is N#C[CH]([Na])C=O. The number of hydrogen-bond donors (Lipinski definition) is 0. The summed E-state index contributed by atoms with van der Waals surface area (Å²) in [5.41, 5.74) is 0. The Labute approximate surface area is 53.6 Å². The molecule has 0 N–H and O–H groups in total. The molecule has 1 atom stereocenters. The number of rotatable bonds is 1. The van der Waals surface area contributed by atoms with Crippen molar-refractivity contribution in [2.24, 2.45) is 0 Å². The Balaban J connectivity index is 3.30. The molecule has 1 unspecified atom stereocenters. The van der Waals surface area contributed by atoms with Gasteiger partial charge in [0.05, 0.1) is 0 Å². The van der Waals surface area contributed by atoms with E-state index in [-0.39, 0.29) is 3.17 Å². The normalized spacial score (nSPS) is 12.2. The monoisotopic (exact) mass is 91.0 g/mol. The molecule has 0 bridgehead atoms. The molecule has 26 valence electrons. The van der Waals surface area contributed by atoms with Crippen molar-refractivity contribution in [3.05, 3.63) is 0 Å². The van der Waals surface area contributed by atoms with Crippen LogP contribution >= 0.6 is 0 Å². The molecular weight excluding hydrogens is 89.0 g/mol. The van der Waals surface area contributed by atoms with Gasteiger partial charge in [-0.1, -0.05) is 0 Å². The second kappa shape index (κ2) is 3.35. The van der Waals surface area contributed by atoms with E-state index >= 15 is 0 Å². The van der Waals surface area contributed by atoms with Gasteiger partial charge in [0.1, 0.15) is 0 Å². The minimum atomic E-state index is -0.301. The summed E-state index contributed by atoms with van der Waals surface area (Å²) in [6, 6.07) is 1.81. The molecule has 0 heterocycles. The van der Waals surface area contributed by atoms with Crippen LogP contribution in [0.1, 0.15) is 0 Å². The molecule has 0 aliphatic heterocycles. The average molecular weight is 91.0 g/mol. The molecule has 0 spiro atoms. The van der Waals surface area contributed by atoms with E-state index in [9.17, 15) is 4.79 Å². The van der Waals surface area contributed by atoms with Gasteiger partial charge in [-0.05, 0) is 0 Å². The van der Waals surface area contributed by atoms with Gasteiger partial charge >= 0.3 is 53.5 Å². The summed E-state index contributed by atoms with van der Waals surface area (Å²) in [6.45, 7) is 0. The Hall–Kier alpha value is 0.160. The molecule has 2 nitrogen and oxygen atoms in total. The zero-order valence-corrected chi connectivity index (χ0v) is 5.51. The van der Waals surface area contributed by atoms with Gasteiger partial charge in [-0.2, -0.15) is 0 Å². The van der Waals surface area contributed by atoms with Crippen molar-refractivity contribution in [2.75, 3.05) is 0 Å². The Kier molecular flexibility index (Phi) is 3.44. The van der Waals surface area contributed by atoms with Gasteiger partial charge < -0.3 is 0 Å². The summed E-state index contributed by atoms with van der Waals surface area (Å²) in [5, 5.41) is 7.89. The van der Waals surface area contributed by atoms with Gasteiger partial charge in [-0.25, -0.2) is 0 Å². The van der Waals surface area contributed by atoms with Gasteiger partial charge in [-0.15, -0.1) is 0 Å². The van der Waals surface area contributed by atoms with E-state index in [2.05, 4.69) is 0 Å². The molecule has 0 saturated carbocycles. The first-order chi connectivity index (χ1) is 2.81. The van der Waals surface area contributed by atoms with Crippen LogP contribution in [-0.4, -0.2) is 34.2 Å². The van der Waals surface area contributed by atoms with Crippen LogP contribution < -0.4 is 0 Å². The van der Waals surface area contributed by atoms with Crippen molar-refractivity contribution in [3.63, 3.8) is 0 Å². The van der Waals surface area contributed by atoms with E-state index in [4.69, 9.17) is 5.26 Å². The van der Waals surface area contributed by atoms with E-state index in [1.165, 1.54) is 0 Å². The topological polar surface area (TPSA) is 40.9 Å². The number of aldehydes is 1. The Morgan fingerprint density at radius 1 is 2.00 bits per heavy atom. The molecule has 0 rings (SSSR count). The molecule has 0 aromatic heterocycles. The molecule has 0 aliphatic carbocycles. The first-order valence-corrected chi connectivity index (χ1v) is 2.81. The first-order valence-electron chi connectivity index (χ1n) is 1.66. The number of carbonyl (C=O) groups excluding carboxylic acids is 1. The molecule has 0 aromatic rings. The van der Waals surface area contributed by atoms with E-state index in [1.54, 1.807) is 0 Å². The summed E-state index contributed by atoms with van der Waals surface area (Å²) in [7, 11) is 0. The standard InChI is InChI=1S/C3H2NO.Na/c4-2-1-3-5;/h1,3H;. The van der Waals surface area contributed by atoms with Gasteiger partial charge in [-0.3, -0.25) is 0 Å². The van der Waals surface area contributed by atoms with Gasteiger partial charge in [0.15, 0.2) is 0 Å². The molecule has 6 heavy (non-hydrogen) atoms. The fourth-order valence-electron chi connectivity index (χ4n) is 0.0304. The maximum atomic E-state index is 9.55. The van der Waals surface area contributed by atoms with Crippen molar-refractivity contribution in [1.29, 1.82) is 5.26 Å². The summed E-state index contributed by atoms with van der Waals surface area (Å²) < 4.78 is -0.301. The number of nitriles is 1. The third-order valence-electron chi connectivity index (χ3n) is 0.408.